The van der Waals surface area contributed by atoms with E-state index in [9.17, 15) is 4.79 Å². The van der Waals surface area contributed by atoms with Crippen LogP contribution in [0, 0.1) is 20.8 Å². The summed E-state index contributed by atoms with van der Waals surface area (Å²) < 4.78 is 10.8. The van der Waals surface area contributed by atoms with Crippen LogP contribution in [0.25, 0.3) is 0 Å². The first-order valence-corrected chi connectivity index (χ1v) is 6.26. The molecule has 0 aliphatic rings. The van der Waals surface area contributed by atoms with E-state index in [-0.39, 0.29) is 5.78 Å². The van der Waals surface area contributed by atoms with Crippen molar-refractivity contribution in [3.8, 4) is 5.75 Å². The minimum Gasteiger partial charge on any atom is -0.496 e. The molecule has 1 aromatic carbocycles. The number of aryl methyl sites for hydroxylation is 2. The van der Waals surface area contributed by atoms with Gasteiger partial charge in [-0.1, -0.05) is 18.2 Å². The molecule has 3 nitrogen and oxygen atoms in total. The summed E-state index contributed by atoms with van der Waals surface area (Å²) in [6, 6.07) is 7.58. The molecule has 0 unspecified atom stereocenters. The number of Topliss-reactive ketones (excluding diaryl/α,β-unsaturated/α-hetero) is 1. The van der Waals surface area contributed by atoms with Crippen LogP contribution < -0.4 is 4.74 Å². The lowest BCUT2D eigenvalue weighted by Gasteiger charge is -2.07. The van der Waals surface area contributed by atoms with Crippen LogP contribution in [0.15, 0.2) is 28.7 Å². The number of ether oxygens (including phenoxy) is 1. The zero-order chi connectivity index (χ0) is 14.0. The highest BCUT2D eigenvalue weighted by Crippen LogP contribution is 2.25. The maximum Gasteiger partial charge on any atom is 0.171 e. The van der Waals surface area contributed by atoms with Gasteiger partial charge in [0.15, 0.2) is 5.78 Å². The van der Waals surface area contributed by atoms with E-state index < -0.39 is 0 Å². The number of hydrogen-bond acceptors (Lipinski definition) is 3. The summed E-state index contributed by atoms with van der Waals surface area (Å²) in [7, 11) is 1.61. The number of ketones is 1. The van der Waals surface area contributed by atoms with Crippen molar-refractivity contribution in [1.29, 1.82) is 0 Å². The summed E-state index contributed by atoms with van der Waals surface area (Å²) in [5, 5.41) is 0. The Labute approximate surface area is 113 Å². The van der Waals surface area contributed by atoms with E-state index in [1.165, 1.54) is 0 Å². The fourth-order valence-electron chi connectivity index (χ4n) is 2.31. The number of hydrogen-bond donors (Lipinski definition) is 0. The highest BCUT2D eigenvalue weighted by molar-refractivity contribution is 6.00. The second kappa shape index (κ2) is 5.31. The van der Waals surface area contributed by atoms with Crippen molar-refractivity contribution >= 4 is 5.78 Å². The Morgan fingerprint density at radius 3 is 2.42 bits per heavy atom. The predicted molar refractivity (Wildman–Crippen MR) is 73.9 cm³/mol. The lowest BCUT2D eigenvalue weighted by molar-refractivity contribution is 0.0990. The fourth-order valence-corrected chi connectivity index (χ4v) is 2.31. The molecule has 0 amide bonds. The van der Waals surface area contributed by atoms with Crippen LogP contribution in [0.2, 0.25) is 0 Å². The van der Waals surface area contributed by atoms with Gasteiger partial charge in [-0.3, -0.25) is 4.79 Å². The van der Waals surface area contributed by atoms with Crippen LogP contribution in [0.3, 0.4) is 0 Å². The van der Waals surface area contributed by atoms with E-state index in [1.54, 1.807) is 7.11 Å². The van der Waals surface area contributed by atoms with Crippen LogP contribution >= 0.6 is 0 Å². The number of methoxy groups -OCH3 is 1. The summed E-state index contributed by atoms with van der Waals surface area (Å²) in [4.78, 5) is 12.4. The van der Waals surface area contributed by atoms with Gasteiger partial charge in [0.1, 0.15) is 17.3 Å². The number of carbonyl (C=O) groups excluding carboxylic acids is 1. The predicted octanol–water partition coefficient (Wildman–Crippen LogP) is 3.64. The number of para-hydroxylation sites is 1. The molecule has 3 heteroatoms. The summed E-state index contributed by atoms with van der Waals surface area (Å²) in [6.45, 7) is 5.62. The molecule has 0 saturated carbocycles. The van der Waals surface area contributed by atoms with E-state index in [0.29, 0.717) is 17.7 Å². The van der Waals surface area contributed by atoms with Crippen molar-refractivity contribution in [2.24, 2.45) is 0 Å². The molecule has 2 aromatic rings. The second-order valence-corrected chi connectivity index (χ2v) is 4.63. The Balaban J connectivity index is 2.31. The quantitative estimate of drug-likeness (QED) is 0.786. The van der Waals surface area contributed by atoms with Crippen LogP contribution in [-0.2, 0) is 6.42 Å². The van der Waals surface area contributed by atoms with Gasteiger partial charge in [0.25, 0.3) is 0 Å². The Bertz CT molecular complexity index is 608. The van der Waals surface area contributed by atoms with E-state index in [0.717, 1.165) is 22.6 Å². The summed E-state index contributed by atoms with van der Waals surface area (Å²) in [6.07, 6.45) is 0.324. The zero-order valence-corrected chi connectivity index (χ0v) is 11.7. The Hall–Kier alpha value is -2.03. The monoisotopic (exact) mass is 258 g/mol. The maximum absolute atomic E-state index is 12.4. The minimum absolute atomic E-state index is 0.0661. The van der Waals surface area contributed by atoms with Gasteiger partial charge in [-0.2, -0.15) is 0 Å². The van der Waals surface area contributed by atoms with Crippen LogP contribution in [-0.4, -0.2) is 12.9 Å². The molecule has 0 radical (unpaired) electrons. The second-order valence-electron chi connectivity index (χ2n) is 4.63. The first-order valence-electron chi connectivity index (χ1n) is 6.26. The van der Waals surface area contributed by atoms with Gasteiger partial charge >= 0.3 is 0 Å². The van der Waals surface area contributed by atoms with Crippen LogP contribution in [0.1, 0.15) is 33.0 Å². The number of benzene rings is 1. The lowest BCUT2D eigenvalue weighted by Crippen LogP contribution is -2.06. The van der Waals surface area contributed by atoms with Crippen molar-refractivity contribution in [3.05, 3.63) is 52.5 Å². The lowest BCUT2D eigenvalue weighted by atomic mass is 9.99. The highest BCUT2D eigenvalue weighted by Gasteiger charge is 2.19. The largest absolute Gasteiger partial charge is 0.496 e. The first-order chi connectivity index (χ1) is 9.04. The van der Waals surface area contributed by atoms with Gasteiger partial charge in [-0.15, -0.1) is 0 Å². The number of carbonyl (C=O) groups is 1. The molecule has 1 heterocycles. The van der Waals surface area contributed by atoms with Gasteiger partial charge in [-0.25, -0.2) is 0 Å². The summed E-state index contributed by atoms with van der Waals surface area (Å²) in [5.74, 6) is 2.30. The van der Waals surface area contributed by atoms with Crippen molar-refractivity contribution in [2.45, 2.75) is 27.2 Å². The SMILES string of the molecule is COc1ccccc1CC(=O)c1c(C)oc(C)c1C. The Morgan fingerprint density at radius 2 is 1.84 bits per heavy atom. The molecule has 2 rings (SSSR count). The fraction of sp³-hybridized carbons (Fsp3) is 0.312. The topological polar surface area (TPSA) is 39.4 Å². The van der Waals surface area contributed by atoms with E-state index in [1.807, 2.05) is 45.0 Å². The van der Waals surface area contributed by atoms with Gasteiger partial charge in [0, 0.05) is 17.5 Å². The molecule has 100 valence electrons. The molecule has 0 aliphatic carbocycles. The van der Waals surface area contributed by atoms with Crippen molar-refractivity contribution in [1.82, 2.24) is 0 Å². The number of rotatable bonds is 4. The third-order valence-corrected chi connectivity index (χ3v) is 3.38. The molecule has 19 heavy (non-hydrogen) atoms. The molecule has 0 fully saturated rings. The highest BCUT2D eigenvalue weighted by atomic mass is 16.5. The first kappa shape index (κ1) is 13.4. The number of furan rings is 1. The van der Waals surface area contributed by atoms with Crippen molar-refractivity contribution in [3.63, 3.8) is 0 Å². The molecule has 0 atom stereocenters. The Kier molecular flexibility index (Phi) is 3.74. The molecule has 0 aliphatic heterocycles. The average Bonchev–Trinajstić information content (AvgIpc) is 2.64. The summed E-state index contributed by atoms with van der Waals surface area (Å²) >= 11 is 0. The average molecular weight is 258 g/mol. The zero-order valence-electron chi connectivity index (χ0n) is 11.7. The molecule has 1 aromatic heterocycles. The normalized spacial score (nSPS) is 10.5. The third kappa shape index (κ3) is 2.55. The molecule has 0 spiro atoms. The summed E-state index contributed by atoms with van der Waals surface area (Å²) in [5.41, 5.74) is 2.52. The molecule has 0 N–H and O–H groups in total. The van der Waals surface area contributed by atoms with E-state index in [4.69, 9.17) is 9.15 Å². The maximum atomic E-state index is 12.4. The van der Waals surface area contributed by atoms with Crippen LogP contribution in [0.5, 0.6) is 5.75 Å². The minimum atomic E-state index is 0.0661. The molecule has 0 bridgehead atoms. The van der Waals surface area contributed by atoms with Gasteiger partial charge in [0.05, 0.1) is 12.7 Å². The smallest absolute Gasteiger partial charge is 0.171 e. The molecular formula is C16H18O3. The van der Waals surface area contributed by atoms with E-state index in [2.05, 4.69) is 0 Å². The third-order valence-electron chi connectivity index (χ3n) is 3.38. The van der Waals surface area contributed by atoms with Crippen molar-refractivity contribution in [2.75, 3.05) is 7.11 Å². The Morgan fingerprint density at radius 1 is 1.16 bits per heavy atom. The van der Waals surface area contributed by atoms with Gasteiger partial charge < -0.3 is 9.15 Å². The van der Waals surface area contributed by atoms with Gasteiger partial charge in [0.2, 0.25) is 0 Å². The standard InChI is InChI=1S/C16H18O3/c1-10-11(2)19-12(3)16(10)14(17)9-13-7-5-6-8-15(13)18-4/h5-8H,9H2,1-4H3. The molecule has 0 saturated heterocycles. The van der Waals surface area contributed by atoms with Crippen LogP contribution in [0.4, 0.5) is 0 Å². The molecular weight excluding hydrogens is 240 g/mol. The van der Waals surface area contributed by atoms with Gasteiger partial charge in [-0.05, 0) is 26.8 Å². The van der Waals surface area contributed by atoms with Crippen molar-refractivity contribution < 1.29 is 13.9 Å². The van der Waals surface area contributed by atoms with E-state index >= 15 is 0 Å².